The van der Waals surface area contributed by atoms with Crippen molar-refractivity contribution in [3.63, 3.8) is 0 Å². The van der Waals surface area contributed by atoms with Crippen molar-refractivity contribution in [3.05, 3.63) is 82.1 Å². The van der Waals surface area contributed by atoms with Crippen molar-refractivity contribution in [1.29, 1.82) is 0 Å². The molecule has 0 radical (unpaired) electrons. The van der Waals surface area contributed by atoms with Gasteiger partial charge in [-0.25, -0.2) is 9.78 Å². The van der Waals surface area contributed by atoms with Crippen LogP contribution >= 0.6 is 24.6 Å². The average Bonchev–Trinajstić information content (AvgIpc) is 3.02. The molecule has 1 N–H and O–H groups in total. The Kier molecular flexibility index (Phi) is 5.77. The summed E-state index contributed by atoms with van der Waals surface area (Å²) >= 11 is 5.68. The number of aromatic carboxylic acids is 1. The van der Waals surface area contributed by atoms with Gasteiger partial charge in [-0.2, -0.15) is 0 Å². The van der Waals surface area contributed by atoms with E-state index in [9.17, 15) is 4.79 Å². The molecule has 0 bridgehead atoms. The van der Waals surface area contributed by atoms with Crippen molar-refractivity contribution in [3.8, 4) is 0 Å². The van der Waals surface area contributed by atoms with E-state index < -0.39 is 5.97 Å². The lowest BCUT2D eigenvalue weighted by molar-refractivity contribution is 0.0690. The highest BCUT2D eigenvalue weighted by Crippen LogP contribution is 2.29. The van der Waals surface area contributed by atoms with Crippen LogP contribution in [0, 0.1) is 4.77 Å². The summed E-state index contributed by atoms with van der Waals surface area (Å²) in [5.74, 6) is -1.02. The number of imidazole rings is 1. The topological polar surface area (TPSA) is 60.0 Å². The molecule has 1 aliphatic rings. The summed E-state index contributed by atoms with van der Waals surface area (Å²) < 4.78 is 4.98. The quantitative estimate of drug-likeness (QED) is 0.661. The minimum Gasteiger partial charge on any atom is -0.477 e. The first-order valence-electron chi connectivity index (χ1n) is 8.64. The Morgan fingerprint density at radius 1 is 1.19 bits per heavy atom. The molecule has 0 spiro atoms. The number of aromatic nitrogens is 3. The number of carbonyl (C=O) groups is 1. The molecule has 0 aliphatic heterocycles. The van der Waals surface area contributed by atoms with Gasteiger partial charge < -0.3 is 14.2 Å². The highest BCUT2D eigenvalue weighted by atomic mass is 35.5. The molecule has 0 saturated heterocycles. The summed E-state index contributed by atoms with van der Waals surface area (Å²) in [6.45, 7) is 0.585. The van der Waals surface area contributed by atoms with Gasteiger partial charge in [-0.15, -0.1) is 12.4 Å². The maximum Gasteiger partial charge on any atom is 0.354 e. The molecule has 2 aromatic heterocycles. The third-order valence-corrected chi connectivity index (χ3v) is 5.43. The van der Waals surface area contributed by atoms with E-state index in [0.717, 1.165) is 29.6 Å². The van der Waals surface area contributed by atoms with E-state index in [1.807, 2.05) is 10.8 Å². The van der Waals surface area contributed by atoms with Crippen molar-refractivity contribution in [2.24, 2.45) is 0 Å². The average molecular weight is 402 g/mol. The summed E-state index contributed by atoms with van der Waals surface area (Å²) in [6, 6.07) is 12.3. The maximum atomic E-state index is 10.9. The van der Waals surface area contributed by atoms with Gasteiger partial charge in [0.15, 0.2) is 4.77 Å². The first kappa shape index (κ1) is 19.3. The molecule has 1 unspecified atom stereocenters. The fraction of sp³-hybridized carbons (Fsp3) is 0.250. The Balaban J connectivity index is 0.00000210. The van der Waals surface area contributed by atoms with Crippen molar-refractivity contribution >= 4 is 30.6 Å². The SMILES string of the molecule is Cl.O=C(O)c1ccc(Cn2ccn(C3CCc4ccccc4C3)c2=S)cn1. The number of aryl methyl sites for hydroxylation is 1. The summed E-state index contributed by atoms with van der Waals surface area (Å²) in [4.78, 5) is 14.9. The number of pyridine rings is 1. The van der Waals surface area contributed by atoms with Crippen LogP contribution in [0.3, 0.4) is 0 Å². The second-order valence-electron chi connectivity index (χ2n) is 6.64. The van der Waals surface area contributed by atoms with Gasteiger partial charge in [-0.1, -0.05) is 30.3 Å². The lowest BCUT2D eigenvalue weighted by Gasteiger charge is -2.25. The molecule has 4 rings (SSSR count). The zero-order chi connectivity index (χ0) is 18.1. The normalized spacial score (nSPS) is 15.6. The van der Waals surface area contributed by atoms with Crippen LogP contribution in [0.2, 0.25) is 0 Å². The van der Waals surface area contributed by atoms with Crippen molar-refractivity contribution in [1.82, 2.24) is 14.1 Å². The minimum atomic E-state index is -1.02. The zero-order valence-electron chi connectivity index (χ0n) is 14.6. The van der Waals surface area contributed by atoms with E-state index in [1.54, 1.807) is 12.3 Å². The first-order chi connectivity index (χ1) is 12.6. The predicted octanol–water partition coefficient (Wildman–Crippen LogP) is 4.31. The molecule has 0 fully saturated rings. The second kappa shape index (κ2) is 8.06. The Bertz CT molecular complexity index is 1010. The molecule has 5 nitrogen and oxygen atoms in total. The third kappa shape index (κ3) is 3.96. The van der Waals surface area contributed by atoms with Crippen LogP contribution in [0.25, 0.3) is 0 Å². The van der Waals surface area contributed by atoms with Gasteiger partial charge >= 0.3 is 5.97 Å². The number of hydrogen-bond acceptors (Lipinski definition) is 3. The second-order valence-corrected chi connectivity index (χ2v) is 7.00. The zero-order valence-corrected chi connectivity index (χ0v) is 16.2. The number of rotatable bonds is 4. The standard InChI is InChI=1S/C20H19N3O2S.ClH/c24-19(25)18-8-5-14(12-21-18)13-22-9-10-23(20(22)26)17-7-6-15-3-1-2-4-16(15)11-17;/h1-5,8-10,12,17H,6-7,11,13H2,(H,24,25);1H. The van der Waals surface area contributed by atoms with E-state index in [1.165, 1.54) is 17.2 Å². The molecule has 27 heavy (non-hydrogen) atoms. The molecule has 3 aromatic rings. The molecule has 1 aromatic carbocycles. The highest BCUT2D eigenvalue weighted by Gasteiger charge is 2.20. The van der Waals surface area contributed by atoms with Crippen LogP contribution in [-0.4, -0.2) is 25.2 Å². The fourth-order valence-electron chi connectivity index (χ4n) is 3.58. The molecule has 0 saturated carbocycles. The number of halogens is 1. The Hall–Kier alpha value is -2.44. The Morgan fingerprint density at radius 3 is 2.67 bits per heavy atom. The van der Waals surface area contributed by atoms with Crippen LogP contribution in [0.4, 0.5) is 0 Å². The number of carboxylic acid groups (broad SMARTS) is 1. The maximum absolute atomic E-state index is 10.9. The van der Waals surface area contributed by atoms with Gasteiger partial charge in [0.1, 0.15) is 5.69 Å². The molecule has 1 aliphatic carbocycles. The van der Waals surface area contributed by atoms with Gasteiger partial charge in [0.25, 0.3) is 0 Å². The van der Waals surface area contributed by atoms with Crippen LogP contribution < -0.4 is 0 Å². The van der Waals surface area contributed by atoms with E-state index in [0.29, 0.717) is 12.6 Å². The summed E-state index contributed by atoms with van der Waals surface area (Å²) in [5, 5.41) is 8.94. The summed E-state index contributed by atoms with van der Waals surface area (Å²) in [7, 11) is 0. The molecular weight excluding hydrogens is 382 g/mol. The Morgan fingerprint density at radius 2 is 1.96 bits per heavy atom. The largest absolute Gasteiger partial charge is 0.477 e. The molecule has 140 valence electrons. The Labute approximate surface area is 168 Å². The van der Waals surface area contributed by atoms with E-state index in [4.69, 9.17) is 17.3 Å². The lowest BCUT2D eigenvalue weighted by Crippen LogP contribution is -2.18. The lowest BCUT2D eigenvalue weighted by atomic mass is 9.88. The smallest absolute Gasteiger partial charge is 0.354 e. The molecule has 2 heterocycles. The first-order valence-corrected chi connectivity index (χ1v) is 9.05. The van der Waals surface area contributed by atoms with Crippen LogP contribution in [0.1, 0.15) is 39.6 Å². The monoisotopic (exact) mass is 401 g/mol. The summed E-state index contributed by atoms with van der Waals surface area (Å²) in [5.41, 5.74) is 3.83. The van der Waals surface area contributed by atoms with Crippen molar-refractivity contribution in [2.45, 2.75) is 31.8 Å². The molecular formula is C20H20ClN3O2S. The molecule has 7 heteroatoms. The van der Waals surface area contributed by atoms with Gasteiger partial charge in [-0.3, -0.25) is 0 Å². The van der Waals surface area contributed by atoms with Crippen molar-refractivity contribution in [2.75, 3.05) is 0 Å². The predicted molar refractivity (Wildman–Crippen MR) is 108 cm³/mol. The number of nitrogens with zero attached hydrogens (tertiary/aromatic N) is 3. The third-order valence-electron chi connectivity index (χ3n) is 4.98. The number of fused-ring (bicyclic) bond motifs is 1. The van der Waals surface area contributed by atoms with E-state index >= 15 is 0 Å². The van der Waals surface area contributed by atoms with Gasteiger partial charge in [0.05, 0.1) is 6.54 Å². The van der Waals surface area contributed by atoms with E-state index in [-0.39, 0.29) is 18.1 Å². The van der Waals surface area contributed by atoms with Gasteiger partial charge in [-0.05, 0) is 54.2 Å². The highest BCUT2D eigenvalue weighted by molar-refractivity contribution is 7.71. The van der Waals surface area contributed by atoms with Crippen molar-refractivity contribution < 1.29 is 9.90 Å². The summed E-state index contributed by atoms with van der Waals surface area (Å²) in [6.07, 6.45) is 8.81. The van der Waals surface area contributed by atoms with Gasteiger partial charge in [0, 0.05) is 24.6 Å². The fourth-order valence-corrected chi connectivity index (χ4v) is 3.92. The number of carboxylic acids is 1. The van der Waals surface area contributed by atoms with Crippen LogP contribution in [0.5, 0.6) is 0 Å². The molecule has 0 amide bonds. The number of hydrogen-bond donors (Lipinski definition) is 1. The van der Waals surface area contributed by atoms with Crippen LogP contribution in [-0.2, 0) is 19.4 Å². The van der Waals surface area contributed by atoms with E-state index in [2.05, 4.69) is 40.0 Å². The minimum absolute atomic E-state index is 0. The molecule has 1 atom stereocenters. The number of benzene rings is 1. The van der Waals surface area contributed by atoms with Crippen LogP contribution in [0.15, 0.2) is 55.0 Å². The van der Waals surface area contributed by atoms with Gasteiger partial charge in [0.2, 0.25) is 0 Å².